The van der Waals surface area contributed by atoms with E-state index in [4.69, 9.17) is 21.1 Å². The number of rotatable bonds is 5. The average molecular weight is 491 g/mol. The Balaban J connectivity index is 1.53. The number of hydrogen-bond donors (Lipinski definition) is 1. The van der Waals surface area contributed by atoms with Crippen LogP contribution in [0, 0.1) is 11.3 Å². The third-order valence-electron chi connectivity index (χ3n) is 5.81. The van der Waals surface area contributed by atoms with Crippen molar-refractivity contribution in [1.82, 2.24) is 15.5 Å². The molecule has 1 aliphatic heterocycles. The second-order valence-corrected chi connectivity index (χ2v) is 10.3. The molecule has 3 aromatic rings. The molecule has 0 spiro atoms. The van der Waals surface area contributed by atoms with Gasteiger partial charge in [-0.3, -0.25) is 4.79 Å². The van der Waals surface area contributed by atoms with Gasteiger partial charge in [0.25, 0.3) is 5.91 Å². The molecule has 0 radical (unpaired) electrons. The van der Waals surface area contributed by atoms with Crippen molar-refractivity contribution in [3.63, 3.8) is 0 Å². The molecular formula is C27H27ClN4O3. The summed E-state index contributed by atoms with van der Waals surface area (Å²) in [4.78, 5) is 13.0. The summed E-state index contributed by atoms with van der Waals surface area (Å²) in [5.74, 6) is 0.493. The van der Waals surface area contributed by atoms with Crippen LogP contribution >= 0.6 is 11.6 Å². The minimum atomic E-state index is -0.325. The smallest absolute Gasteiger partial charge is 0.251 e. The molecule has 1 N–H and O–H groups in total. The van der Waals surface area contributed by atoms with E-state index >= 15 is 0 Å². The fraction of sp³-hybridized carbons (Fsp3) is 0.333. The van der Waals surface area contributed by atoms with Crippen LogP contribution in [0.25, 0.3) is 11.1 Å². The fourth-order valence-electron chi connectivity index (χ4n) is 4.73. The summed E-state index contributed by atoms with van der Waals surface area (Å²) in [5, 5.41) is 20.8. The molecule has 8 heteroatoms. The van der Waals surface area contributed by atoms with Crippen molar-refractivity contribution in [1.29, 1.82) is 5.26 Å². The number of carbonyl (C=O) groups excluding carboxylic acids is 1. The van der Waals surface area contributed by atoms with E-state index < -0.39 is 0 Å². The Morgan fingerprint density at radius 3 is 2.49 bits per heavy atom. The molecule has 0 aliphatic carbocycles. The lowest BCUT2D eigenvalue weighted by Gasteiger charge is -2.45. The third kappa shape index (κ3) is 5.79. The lowest BCUT2D eigenvalue weighted by molar-refractivity contribution is -0.162. The van der Waals surface area contributed by atoms with Gasteiger partial charge < -0.3 is 14.8 Å². The van der Waals surface area contributed by atoms with Gasteiger partial charge in [0.1, 0.15) is 23.1 Å². The lowest BCUT2D eigenvalue weighted by atomic mass is 9.85. The van der Waals surface area contributed by atoms with Crippen molar-refractivity contribution in [2.45, 2.75) is 57.8 Å². The molecule has 1 saturated heterocycles. The largest absolute Gasteiger partial charge is 0.454 e. The second-order valence-electron chi connectivity index (χ2n) is 9.87. The van der Waals surface area contributed by atoms with E-state index in [9.17, 15) is 10.1 Å². The SMILES string of the molecule is CC1(C)CC(NC(=O)c2ccc(Oc3cccc(-c4ccnnc4)c3C#N)c(Cl)c2)CC(C)(C)O1. The Hall–Kier alpha value is -3.47. The van der Waals surface area contributed by atoms with Crippen molar-refractivity contribution < 1.29 is 14.3 Å². The summed E-state index contributed by atoms with van der Waals surface area (Å²) >= 11 is 6.48. The fourth-order valence-corrected chi connectivity index (χ4v) is 4.95. The van der Waals surface area contributed by atoms with E-state index in [0.29, 0.717) is 28.2 Å². The maximum atomic E-state index is 13.0. The summed E-state index contributed by atoms with van der Waals surface area (Å²) < 4.78 is 12.1. The van der Waals surface area contributed by atoms with E-state index in [1.165, 1.54) is 0 Å². The number of hydrogen-bond acceptors (Lipinski definition) is 6. The summed E-state index contributed by atoms with van der Waals surface area (Å²) in [6.07, 6.45) is 4.59. The highest BCUT2D eigenvalue weighted by atomic mass is 35.5. The molecule has 1 aromatic heterocycles. The molecule has 7 nitrogen and oxygen atoms in total. The number of nitrogens with one attached hydrogen (secondary N) is 1. The van der Waals surface area contributed by atoms with Crippen LogP contribution in [0.15, 0.2) is 54.9 Å². The van der Waals surface area contributed by atoms with E-state index in [1.54, 1.807) is 48.8 Å². The monoisotopic (exact) mass is 490 g/mol. The van der Waals surface area contributed by atoms with Crippen LogP contribution in [0.2, 0.25) is 5.02 Å². The van der Waals surface area contributed by atoms with Crippen LogP contribution in [0.5, 0.6) is 11.5 Å². The maximum Gasteiger partial charge on any atom is 0.251 e. The Labute approximate surface area is 210 Å². The van der Waals surface area contributed by atoms with Gasteiger partial charge in [0.05, 0.1) is 28.6 Å². The number of amides is 1. The molecular weight excluding hydrogens is 464 g/mol. The van der Waals surface area contributed by atoms with Gasteiger partial charge in [-0.05, 0) is 70.9 Å². The van der Waals surface area contributed by atoms with E-state index in [-0.39, 0.29) is 28.2 Å². The van der Waals surface area contributed by atoms with Gasteiger partial charge in [0, 0.05) is 22.7 Å². The number of nitrogens with zero attached hydrogens (tertiary/aromatic N) is 3. The highest BCUT2D eigenvalue weighted by Gasteiger charge is 2.39. The Morgan fingerprint density at radius 2 is 1.86 bits per heavy atom. The van der Waals surface area contributed by atoms with Crippen LogP contribution in [-0.4, -0.2) is 33.3 Å². The van der Waals surface area contributed by atoms with Gasteiger partial charge in [-0.15, -0.1) is 0 Å². The molecule has 1 fully saturated rings. The molecule has 35 heavy (non-hydrogen) atoms. The number of aromatic nitrogens is 2. The van der Waals surface area contributed by atoms with Crippen LogP contribution in [0.1, 0.15) is 56.5 Å². The minimum Gasteiger partial charge on any atom is -0.454 e. The van der Waals surface area contributed by atoms with Crippen molar-refractivity contribution in [2.75, 3.05) is 0 Å². The van der Waals surface area contributed by atoms with Crippen molar-refractivity contribution >= 4 is 17.5 Å². The molecule has 0 bridgehead atoms. The van der Waals surface area contributed by atoms with Gasteiger partial charge in [-0.2, -0.15) is 15.5 Å². The highest BCUT2D eigenvalue weighted by molar-refractivity contribution is 6.32. The zero-order valence-corrected chi connectivity index (χ0v) is 20.9. The zero-order valence-electron chi connectivity index (χ0n) is 20.1. The highest BCUT2D eigenvalue weighted by Crippen LogP contribution is 2.37. The number of nitriles is 1. The zero-order chi connectivity index (χ0) is 25.2. The molecule has 0 unspecified atom stereocenters. The molecule has 1 amide bonds. The van der Waals surface area contributed by atoms with Crippen molar-refractivity contribution in [2.24, 2.45) is 0 Å². The summed E-state index contributed by atoms with van der Waals surface area (Å²) in [6, 6.07) is 14.1. The number of ether oxygens (including phenoxy) is 2. The first-order valence-corrected chi connectivity index (χ1v) is 11.7. The lowest BCUT2D eigenvalue weighted by Crippen LogP contribution is -2.52. The quantitative estimate of drug-likeness (QED) is 0.476. The van der Waals surface area contributed by atoms with E-state index in [1.807, 2.05) is 33.8 Å². The van der Waals surface area contributed by atoms with Crippen LogP contribution < -0.4 is 10.1 Å². The van der Waals surface area contributed by atoms with Gasteiger partial charge >= 0.3 is 0 Å². The standard InChI is InChI=1S/C27H27ClN4O3/c1-26(2)13-19(14-27(3,4)35-26)32-25(33)17-8-9-24(22(28)12-17)34-23-7-5-6-20(21(23)15-29)18-10-11-30-31-16-18/h5-12,16,19H,13-14H2,1-4H3,(H,32,33). The topological polar surface area (TPSA) is 97.1 Å². The third-order valence-corrected chi connectivity index (χ3v) is 6.11. The normalized spacial score (nSPS) is 16.8. The molecule has 0 saturated carbocycles. The molecule has 1 aliphatic rings. The summed E-state index contributed by atoms with van der Waals surface area (Å²) in [5.41, 5.74) is 1.56. The minimum absolute atomic E-state index is 0.0143. The predicted octanol–water partition coefficient (Wildman–Crippen LogP) is 5.93. The van der Waals surface area contributed by atoms with Gasteiger partial charge in [-0.25, -0.2) is 0 Å². The van der Waals surface area contributed by atoms with E-state index in [2.05, 4.69) is 21.6 Å². The van der Waals surface area contributed by atoms with Gasteiger partial charge in [-0.1, -0.05) is 23.7 Å². The molecule has 2 heterocycles. The van der Waals surface area contributed by atoms with Gasteiger partial charge in [0.15, 0.2) is 0 Å². The predicted molar refractivity (Wildman–Crippen MR) is 133 cm³/mol. The van der Waals surface area contributed by atoms with Crippen molar-refractivity contribution in [3.8, 4) is 28.7 Å². The molecule has 4 rings (SSSR count). The van der Waals surface area contributed by atoms with Gasteiger partial charge in [0.2, 0.25) is 0 Å². The number of halogens is 1. The Bertz CT molecular complexity index is 1270. The first kappa shape index (κ1) is 24.6. The molecule has 2 aromatic carbocycles. The summed E-state index contributed by atoms with van der Waals surface area (Å²) in [6.45, 7) is 8.13. The van der Waals surface area contributed by atoms with E-state index in [0.717, 1.165) is 18.4 Å². The Kier molecular flexibility index (Phi) is 6.79. The van der Waals surface area contributed by atoms with Crippen molar-refractivity contribution in [3.05, 3.63) is 71.0 Å². The number of carbonyl (C=O) groups is 1. The molecule has 0 atom stereocenters. The first-order valence-electron chi connectivity index (χ1n) is 11.4. The molecule has 180 valence electrons. The maximum absolute atomic E-state index is 13.0. The second kappa shape index (κ2) is 9.65. The van der Waals surface area contributed by atoms with Crippen LogP contribution in [-0.2, 0) is 4.74 Å². The Morgan fingerprint density at radius 1 is 1.11 bits per heavy atom. The number of benzene rings is 2. The summed E-state index contributed by atoms with van der Waals surface area (Å²) in [7, 11) is 0. The first-order chi connectivity index (χ1) is 16.6. The average Bonchev–Trinajstić information content (AvgIpc) is 2.78. The van der Waals surface area contributed by atoms with Crippen LogP contribution in [0.3, 0.4) is 0 Å². The van der Waals surface area contributed by atoms with Crippen LogP contribution in [0.4, 0.5) is 0 Å².